The maximum atomic E-state index is 14.3. The topological polar surface area (TPSA) is 58.9 Å². The molecular formula is C22H19F2N2O3+. The van der Waals surface area contributed by atoms with Crippen LogP contribution in [0.1, 0.15) is 23.2 Å². The third kappa shape index (κ3) is 2.57. The minimum Gasteiger partial charge on any atom is -0.322 e. The number of rotatable bonds is 3. The predicted molar refractivity (Wildman–Crippen MR) is 99.2 cm³/mol. The van der Waals surface area contributed by atoms with E-state index in [1.54, 1.807) is 6.07 Å². The third-order valence-electron chi connectivity index (χ3n) is 6.55. The van der Waals surface area contributed by atoms with Crippen LogP contribution in [-0.2, 0) is 9.59 Å². The van der Waals surface area contributed by atoms with E-state index < -0.39 is 41.3 Å². The number of carbonyl (C=O) groups excluding carboxylic acids is 3. The highest BCUT2D eigenvalue weighted by atomic mass is 19.1. The molecule has 2 aromatic rings. The Balaban J connectivity index is 1.56. The fourth-order valence-corrected chi connectivity index (χ4v) is 5.41. The van der Waals surface area contributed by atoms with Crippen molar-refractivity contribution in [3.63, 3.8) is 0 Å². The lowest BCUT2D eigenvalue weighted by molar-refractivity contribution is -0.915. The quantitative estimate of drug-likeness (QED) is 0.629. The number of para-hydroxylation sites is 1. The normalized spacial score (nSPS) is 30.6. The molecule has 5 nitrogen and oxygen atoms in total. The Hall–Kier alpha value is -2.93. The molecule has 0 bridgehead atoms. The maximum absolute atomic E-state index is 14.3. The molecule has 7 heteroatoms. The lowest BCUT2D eigenvalue weighted by atomic mass is 9.85. The number of anilines is 1. The molecule has 1 unspecified atom stereocenters. The Morgan fingerprint density at radius 2 is 1.66 bits per heavy atom. The van der Waals surface area contributed by atoms with E-state index in [0.717, 1.165) is 22.6 Å². The highest BCUT2D eigenvalue weighted by molar-refractivity contribution is 6.24. The van der Waals surface area contributed by atoms with E-state index in [2.05, 4.69) is 0 Å². The van der Waals surface area contributed by atoms with Crippen LogP contribution in [0.3, 0.4) is 0 Å². The first-order valence-electron chi connectivity index (χ1n) is 9.77. The molecule has 5 rings (SSSR count). The molecule has 2 amide bonds. The lowest BCUT2D eigenvalue weighted by Crippen LogP contribution is -3.16. The molecular weight excluding hydrogens is 378 g/mol. The minimum atomic E-state index is -0.819. The first kappa shape index (κ1) is 18.1. The van der Waals surface area contributed by atoms with Gasteiger partial charge in [0.1, 0.15) is 29.5 Å². The van der Waals surface area contributed by atoms with Gasteiger partial charge in [-0.2, -0.15) is 0 Å². The van der Waals surface area contributed by atoms with E-state index in [1.807, 2.05) is 0 Å². The summed E-state index contributed by atoms with van der Waals surface area (Å²) in [5, 5.41) is 0. The molecule has 0 aromatic heterocycles. The molecule has 1 N–H and O–H groups in total. The third-order valence-corrected chi connectivity index (χ3v) is 6.55. The number of ketones is 1. The zero-order chi connectivity index (χ0) is 20.3. The van der Waals surface area contributed by atoms with Gasteiger partial charge in [-0.3, -0.25) is 14.4 Å². The van der Waals surface area contributed by atoms with Crippen molar-refractivity contribution >= 4 is 23.3 Å². The maximum Gasteiger partial charge on any atom is 0.244 e. The molecule has 3 saturated heterocycles. The van der Waals surface area contributed by atoms with Crippen LogP contribution < -0.4 is 9.80 Å². The van der Waals surface area contributed by atoms with Crippen LogP contribution in [-0.4, -0.2) is 36.2 Å². The number of nitrogens with one attached hydrogen (secondary N) is 1. The largest absolute Gasteiger partial charge is 0.322 e. The molecule has 2 aromatic carbocycles. The van der Waals surface area contributed by atoms with Gasteiger partial charge in [-0.05, 0) is 36.4 Å². The zero-order valence-electron chi connectivity index (χ0n) is 15.5. The van der Waals surface area contributed by atoms with Crippen LogP contribution in [0.5, 0.6) is 0 Å². The Morgan fingerprint density at radius 1 is 0.966 bits per heavy atom. The number of imide groups is 1. The molecule has 0 radical (unpaired) electrons. The van der Waals surface area contributed by atoms with Gasteiger partial charge < -0.3 is 4.90 Å². The van der Waals surface area contributed by atoms with Crippen molar-refractivity contribution in [3.05, 3.63) is 65.7 Å². The van der Waals surface area contributed by atoms with Gasteiger partial charge in [0.15, 0.2) is 6.04 Å². The Kier molecular flexibility index (Phi) is 4.10. The van der Waals surface area contributed by atoms with E-state index in [4.69, 9.17) is 0 Å². The van der Waals surface area contributed by atoms with Crippen molar-refractivity contribution in [2.24, 2.45) is 11.8 Å². The van der Waals surface area contributed by atoms with Crippen LogP contribution in [0.4, 0.5) is 14.5 Å². The Morgan fingerprint density at radius 3 is 2.38 bits per heavy atom. The molecule has 3 aliphatic rings. The minimum absolute atomic E-state index is 0.0653. The summed E-state index contributed by atoms with van der Waals surface area (Å²) in [6.45, 7) is 0.704. The fraction of sp³-hybridized carbons (Fsp3) is 0.318. The average molecular weight is 397 g/mol. The average Bonchev–Trinajstić information content (AvgIpc) is 3.35. The summed E-state index contributed by atoms with van der Waals surface area (Å²) in [4.78, 5) is 41.7. The summed E-state index contributed by atoms with van der Waals surface area (Å²) >= 11 is 0. The molecule has 3 fully saturated rings. The van der Waals surface area contributed by atoms with Crippen LogP contribution >= 0.6 is 0 Å². The first-order chi connectivity index (χ1) is 14.0. The number of carbonyl (C=O) groups is 3. The number of hydrogen-bond acceptors (Lipinski definition) is 3. The van der Waals surface area contributed by atoms with Gasteiger partial charge >= 0.3 is 0 Å². The van der Waals surface area contributed by atoms with Crippen LogP contribution in [0, 0.1) is 23.5 Å². The summed E-state index contributed by atoms with van der Waals surface area (Å²) in [5.41, 5.74) is 0.254. The number of quaternary nitrogens is 1. The van der Waals surface area contributed by atoms with Crippen molar-refractivity contribution in [1.82, 2.24) is 0 Å². The summed E-state index contributed by atoms with van der Waals surface area (Å²) in [6.07, 6.45) is 1.60. The van der Waals surface area contributed by atoms with E-state index >= 15 is 0 Å². The van der Waals surface area contributed by atoms with Gasteiger partial charge in [0.05, 0.1) is 12.2 Å². The van der Waals surface area contributed by atoms with Gasteiger partial charge in [0.2, 0.25) is 17.6 Å². The van der Waals surface area contributed by atoms with Crippen molar-refractivity contribution in [1.29, 1.82) is 0 Å². The van der Waals surface area contributed by atoms with Crippen molar-refractivity contribution in [3.8, 4) is 0 Å². The van der Waals surface area contributed by atoms with Crippen LogP contribution in [0.15, 0.2) is 48.5 Å². The summed E-state index contributed by atoms with van der Waals surface area (Å²) in [5.74, 6) is -3.76. The summed E-state index contributed by atoms with van der Waals surface area (Å²) < 4.78 is 27.6. The monoisotopic (exact) mass is 397 g/mol. The summed E-state index contributed by atoms with van der Waals surface area (Å²) in [6, 6.07) is 10.1. The first-order valence-corrected chi connectivity index (χ1v) is 9.77. The summed E-state index contributed by atoms with van der Waals surface area (Å²) in [7, 11) is 0. The van der Waals surface area contributed by atoms with Crippen LogP contribution in [0.25, 0.3) is 0 Å². The number of hydrogen-bond donors (Lipinski definition) is 1. The standard InChI is InChI=1S/C22H18F2N2O3/c23-13-9-7-12(8-10-13)20(27)19-18-17(16-6-3-11-25(16)19)21(28)26(22(18)29)15-5-2-1-4-14(15)24/h1-2,4-5,7-10,16-19H,3,6,11H2/p+1/t16-,17-,18+,19-/m0/s1. The molecule has 29 heavy (non-hydrogen) atoms. The number of fused-ring (bicyclic) bond motifs is 3. The second-order valence-corrected chi connectivity index (χ2v) is 7.94. The fourth-order valence-electron chi connectivity index (χ4n) is 5.41. The second-order valence-electron chi connectivity index (χ2n) is 7.94. The molecule has 3 aliphatic heterocycles. The van der Waals surface area contributed by atoms with Gasteiger partial charge in [-0.15, -0.1) is 0 Å². The molecule has 0 saturated carbocycles. The van der Waals surface area contributed by atoms with Crippen molar-refractivity contribution < 1.29 is 28.1 Å². The number of Topliss-reactive ketones (excluding diaryl/α,β-unsaturated/α-hetero) is 1. The van der Waals surface area contributed by atoms with E-state index in [1.165, 1.54) is 42.5 Å². The molecule has 0 spiro atoms. The molecule has 3 heterocycles. The number of amides is 2. The van der Waals surface area contributed by atoms with Crippen molar-refractivity contribution in [2.45, 2.75) is 24.9 Å². The number of halogens is 2. The Bertz CT molecular complexity index is 1020. The SMILES string of the molecule is O=C(c1ccc(F)cc1)[C@@H]1[C@@H]2C(=O)N(c3ccccc3F)C(=O)[C@H]2[C@@H]2CCC[NH+]12. The number of nitrogens with zero attached hydrogens (tertiary/aromatic N) is 1. The Labute approximate surface area is 165 Å². The highest BCUT2D eigenvalue weighted by Crippen LogP contribution is 2.41. The van der Waals surface area contributed by atoms with Gasteiger partial charge in [0.25, 0.3) is 0 Å². The molecule has 148 valence electrons. The van der Waals surface area contributed by atoms with Gasteiger partial charge in [-0.1, -0.05) is 12.1 Å². The molecule has 0 aliphatic carbocycles. The van der Waals surface area contributed by atoms with Gasteiger partial charge in [0, 0.05) is 18.4 Å². The second kappa shape index (κ2) is 6.56. The van der Waals surface area contributed by atoms with Gasteiger partial charge in [-0.25, -0.2) is 13.7 Å². The smallest absolute Gasteiger partial charge is 0.244 e. The van der Waals surface area contributed by atoms with E-state index in [9.17, 15) is 23.2 Å². The van der Waals surface area contributed by atoms with Crippen molar-refractivity contribution in [2.75, 3.05) is 11.4 Å². The van der Waals surface area contributed by atoms with E-state index in [0.29, 0.717) is 12.1 Å². The number of benzene rings is 2. The molecule has 5 atom stereocenters. The zero-order valence-corrected chi connectivity index (χ0v) is 15.5. The predicted octanol–water partition coefficient (Wildman–Crippen LogP) is 1.38. The van der Waals surface area contributed by atoms with Crippen LogP contribution in [0.2, 0.25) is 0 Å². The van der Waals surface area contributed by atoms with E-state index in [-0.39, 0.29) is 17.5 Å². The lowest BCUT2D eigenvalue weighted by Gasteiger charge is -2.25. The highest BCUT2D eigenvalue weighted by Gasteiger charge is 2.68.